The van der Waals surface area contributed by atoms with E-state index in [2.05, 4.69) is 11.4 Å². The Hall–Kier alpha value is -2.30. The third kappa shape index (κ3) is 3.03. The van der Waals surface area contributed by atoms with E-state index in [9.17, 15) is 9.90 Å². The molecule has 25 heavy (non-hydrogen) atoms. The number of phenols is 1. The molecule has 0 saturated heterocycles. The summed E-state index contributed by atoms with van der Waals surface area (Å²) < 4.78 is 0. The Kier molecular flexibility index (Phi) is 4.24. The Labute approximate surface area is 155 Å². The molecule has 3 aromatic rings. The van der Waals surface area contributed by atoms with Crippen molar-refractivity contribution in [3.8, 4) is 5.75 Å². The Morgan fingerprint density at radius 3 is 2.52 bits per heavy atom. The van der Waals surface area contributed by atoms with Gasteiger partial charge in [-0.25, -0.2) is 0 Å². The zero-order valence-electron chi connectivity index (χ0n) is 13.4. The Morgan fingerprint density at radius 1 is 1.08 bits per heavy atom. The Balaban J connectivity index is 1.76. The zero-order chi connectivity index (χ0) is 17.4. The fourth-order valence-corrected chi connectivity index (χ4v) is 4.34. The number of amides is 1. The summed E-state index contributed by atoms with van der Waals surface area (Å²) in [7, 11) is 0. The van der Waals surface area contributed by atoms with Crippen LogP contribution in [0.1, 0.15) is 32.4 Å². The second kappa shape index (κ2) is 6.54. The molecule has 5 heteroatoms. The van der Waals surface area contributed by atoms with Crippen molar-refractivity contribution < 1.29 is 9.90 Å². The van der Waals surface area contributed by atoms with Crippen molar-refractivity contribution in [1.82, 2.24) is 4.90 Å². The highest BCUT2D eigenvalue weighted by Gasteiger charge is 2.33. The first-order valence-corrected chi connectivity index (χ1v) is 9.31. The second-order valence-electron chi connectivity index (χ2n) is 6.05. The maximum Gasteiger partial charge on any atom is 0.254 e. The first-order chi connectivity index (χ1) is 12.1. The molecule has 1 N–H and O–H groups in total. The van der Waals surface area contributed by atoms with E-state index in [-0.39, 0.29) is 17.7 Å². The monoisotopic (exact) mass is 369 g/mol. The summed E-state index contributed by atoms with van der Waals surface area (Å²) in [5, 5.41) is 12.2. The largest absolute Gasteiger partial charge is 0.508 e. The van der Waals surface area contributed by atoms with Crippen molar-refractivity contribution in [2.24, 2.45) is 0 Å². The SMILES string of the molecule is O=C(c1ccc(O)cc1)N1CCc2sccc2C1c1ccc(Cl)cc1. The van der Waals surface area contributed by atoms with Crippen molar-refractivity contribution in [3.63, 3.8) is 0 Å². The lowest BCUT2D eigenvalue weighted by molar-refractivity contribution is 0.0696. The molecule has 1 aliphatic rings. The molecule has 1 aromatic heterocycles. The van der Waals surface area contributed by atoms with E-state index in [1.807, 2.05) is 29.2 Å². The van der Waals surface area contributed by atoms with Gasteiger partial charge in [0.25, 0.3) is 5.91 Å². The van der Waals surface area contributed by atoms with Crippen molar-refractivity contribution >= 4 is 28.8 Å². The number of nitrogens with zero attached hydrogens (tertiary/aromatic N) is 1. The predicted octanol–water partition coefficient (Wildman–Crippen LogP) is 4.90. The fourth-order valence-electron chi connectivity index (χ4n) is 3.31. The highest BCUT2D eigenvalue weighted by molar-refractivity contribution is 7.10. The normalized spacial score (nSPS) is 16.5. The van der Waals surface area contributed by atoms with Crippen molar-refractivity contribution in [3.05, 3.63) is 86.6 Å². The Bertz CT molecular complexity index is 902. The van der Waals surface area contributed by atoms with Crippen LogP contribution in [0.5, 0.6) is 5.75 Å². The van der Waals surface area contributed by atoms with Crippen LogP contribution >= 0.6 is 22.9 Å². The van der Waals surface area contributed by atoms with Crippen LogP contribution < -0.4 is 0 Å². The molecule has 4 rings (SSSR count). The number of carbonyl (C=O) groups is 1. The van der Waals surface area contributed by atoms with Gasteiger partial charge in [-0.15, -0.1) is 11.3 Å². The van der Waals surface area contributed by atoms with E-state index in [0.29, 0.717) is 17.1 Å². The number of thiophene rings is 1. The topological polar surface area (TPSA) is 40.5 Å². The van der Waals surface area contributed by atoms with E-state index in [0.717, 1.165) is 12.0 Å². The van der Waals surface area contributed by atoms with Crippen LogP contribution in [0.4, 0.5) is 0 Å². The molecule has 1 unspecified atom stereocenters. The second-order valence-corrected chi connectivity index (χ2v) is 7.49. The minimum absolute atomic E-state index is 0.0307. The maximum absolute atomic E-state index is 13.1. The van der Waals surface area contributed by atoms with Crippen LogP contribution in [-0.2, 0) is 6.42 Å². The summed E-state index contributed by atoms with van der Waals surface area (Å²) in [5.74, 6) is 0.126. The minimum atomic E-state index is -0.117. The van der Waals surface area contributed by atoms with Gasteiger partial charge in [0.05, 0.1) is 6.04 Å². The molecule has 1 aliphatic heterocycles. The number of rotatable bonds is 2. The van der Waals surface area contributed by atoms with Gasteiger partial charge in [0, 0.05) is 22.0 Å². The number of aromatic hydroxyl groups is 1. The van der Waals surface area contributed by atoms with E-state index in [1.54, 1.807) is 35.6 Å². The fraction of sp³-hybridized carbons (Fsp3) is 0.150. The lowest BCUT2D eigenvalue weighted by Gasteiger charge is -2.36. The van der Waals surface area contributed by atoms with Crippen LogP contribution in [-0.4, -0.2) is 22.5 Å². The highest BCUT2D eigenvalue weighted by Crippen LogP contribution is 2.38. The van der Waals surface area contributed by atoms with Gasteiger partial charge in [0.2, 0.25) is 0 Å². The maximum atomic E-state index is 13.1. The van der Waals surface area contributed by atoms with Gasteiger partial charge in [0.1, 0.15) is 5.75 Å². The molecule has 0 bridgehead atoms. The summed E-state index contributed by atoms with van der Waals surface area (Å²) in [6, 6.07) is 16.1. The van der Waals surface area contributed by atoms with Gasteiger partial charge in [-0.2, -0.15) is 0 Å². The predicted molar refractivity (Wildman–Crippen MR) is 100 cm³/mol. The standard InChI is InChI=1S/C20H16ClNO2S/c21-15-5-1-13(2-6-15)19-17-10-12-25-18(17)9-11-22(19)20(24)14-3-7-16(23)8-4-14/h1-8,10,12,19,23H,9,11H2. The van der Waals surface area contributed by atoms with Gasteiger partial charge < -0.3 is 10.0 Å². The summed E-state index contributed by atoms with van der Waals surface area (Å²) in [6.45, 7) is 0.667. The van der Waals surface area contributed by atoms with E-state index in [4.69, 9.17) is 11.6 Å². The summed E-state index contributed by atoms with van der Waals surface area (Å²) in [5.41, 5.74) is 2.82. The van der Waals surface area contributed by atoms with Crippen LogP contribution in [0.15, 0.2) is 60.0 Å². The number of halogens is 1. The average Bonchev–Trinajstić information content (AvgIpc) is 3.10. The molecule has 126 valence electrons. The molecule has 3 nitrogen and oxygen atoms in total. The van der Waals surface area contributed by atoms with E-state index < -0.39 is 0 Å². The molecule has 0 saturated carbocycles. The van der Waals surface area contributed by atoms with Gasteiger partial charge in [0.15, 0.2) is 0 Å². The van der Waals surface area contributed by atoms with Crippen molar-refractivity contribution in [2.75, 3.05) is 6.54 Å². The number of carbonyl (C=O) groups excluding carboxylic acids is 1. The van der Waals surface area contributed by atoms with Crippen molar-refractivity contribution in [2.45, 2.75) is 12.5 Å². The van der Waals surface area contributed by atoms with Crippen LogP contribution in [0.2, 0.25) is 5.02 Å². The summed E-state index contributed by atoms with van der Waals surface area (Å²) >= 11 is 7.78. The number of phenolic OH excluding ortho intramolecular Hbond substituents is 1. The molecule has 2 aromatic carbocycles. The molecule has 1 atom stereocenters. The van der Waals surface area contributed by atoms with Crippen molar-refractivity contribution in [1.29, 1.82) is 0 Å². The Morgan fingerprint density at radius 2 is 1.80 bits per heavy atom. The van der Waals surface area contributed by atoms with E-state index >= 15 is 0 Å². The smallest absolute Gasteiger partial charge is 0.254 e. The van der Waals surface area contributed by atoms with Gasteiger partial charge in [-0.1, -0.05) is 23.7 Å². The van der Waals surface area contributed by atoms with Crippen LogP contribution in [0.25, 0.3) is 0 Å². The highest BCUT2D eigenvalue weighted by atomic mass is 35.5. The molecule has 0 spiro atoms. The number of benzene rings is 2. The lowest BCUT2D eigenvalue weighted by Crippen LogP contribution is -2.40. The quantitative estimate of drug-likeness (QED) is 0.698. The minimum Gasteiger partial charge on any atom is -0.508 e. The first kappa shape index (κ1) is 16.2. The summed E-state index contributed by atoms with van der Waals surface area (Å²) in [6.07, 6.45) is 0.862. The molecule has 2 heterocycles. The number of hydrogen-bond acceptors (Lipinski definition) is 3. The zero-order valence-corrected chi connectivity index (χ0v) is 14.9. The van der Waals surface area contributed by atoms with Gasteiger partial charge >= 0.3 is 0 Å². The van der Waals surface area contributed by atoms with Crippen LogP contribution in [0.3, 0.4) is 0 Å². The molecular weight excluding hydrogens is 354 g/mol. The third-order valence-corrected chi connectivity index (χ3v) is 5.78. The van der Waals surface area contributed by atoms with Gasteiger partial charge in [-0.3, -0.25) is 4.79 Å². The molecule has 0 fully saturated rings. The van der Waals surface area contributed by atoms with Crippen LogP contribution in [0, 0.1) is 0 Å². The number of hydrogen-bond donors (Lipinski definition) is 1. The molecular formula is C20H16ClNO2S. The van der Waals surface area contributed by atoms with E-state index in [1.165, 1.54) is 10.4 Å². The average molecular weight is 370 g/mol. The number of fused-ring (bicyclic) bond motifs is 1. The third-order valence-electron chi connectivity index (χ3n) is 4.53. The molecule has 0 radical (unpaired) electrons. The molecule has 0 aliphatic carbocycles. The summed E-state index contributed by atoms with van der Waals surface area (Å²) in [4.78, 5) is 16.4. The first-order valence-electron chi connectivity index (χ1n) is 8.05. The lowest BCUT2D eigenvalue weighted by atomic mass is 9.92. The van der Waals surface area contributed by atoms with Gasteiger partial charge in [-0.05, 0) is 65.4 Å². The molecule has 1 amide bonds.